The van der Waals surface area contributed by atoms with Gasteiger partial charge in [0.25, 0.3) is 0 Å². The lowest BCUT2D eigenvalue weighted by atomic mass is 10.00. The van der Waals surface area contributed by atoms with Crippen molar-refractivity contribution >= 4 is 11.6 Å². The second kappa shape index (κ2) is 8.94. The van der Waals surface area contributed by atoms with Crippen LogP contribution >= 0.6 is 11.6 Å². The van der Waals surface area contributed by atoms with Crippen molar-refractivity contribution in [3.63, 3.8) is 0 Å². The SMILES string of the molecule is COc1ccc(Cl)cc1-c1cc2c(c(OC)c1)OCCN(Cc1ccccc1F)C2. The molecule has 0 atom stereocenters. The summed E-state index contributed by atoms with van der Waals surface area (Å²) >= 11 is 6.24. The minimum absolute atomic E-state index is 0.196. The Bertz CT molecular complexity index is 1060. The van der Waals surface area contributed by atoms with Gasteiger partial charge in [-0.25, -0.2) is 4.39 Å². The molecule has 0 saturated heterocycles. The van der Waals surface area contributed by atoms with Gasteiger partial charge in [-0.2, -0.15) is 0 Å². The summed E-state index contributed by atoms with van der Waals surface area (Å²) in [6, 6.07) is 16.4. The molecule has 0 bridgehead atoms. The van der Waals surface area contributed by atoms with Crippen molar-refractivity contribution < 1.29 is 18.6 Å². The van der Waals surface area contributed by atoms with E-state index in [4.69, 9.17) is 25.8 Å². The number of hydrogen-bond donors (Lipinski definition) is 0. The van der Waals surface area contributed by atoms with Crippen molar-refractivity contribution in [2.45, 2.75) is 13.1 Å². The van der Waals surface area contributed by atoms with E-state index in [0.29, 0.717) is 42.6 Å². The summed E-state index contributed by atoms with van der Waals surface area (Å²) in [7, 11) is 3.26. The number of nitrogens with zero attached hydrogens (tertiary/aromatic N) is 1. The van der Waals surface area contributed by atoms with Crippen LogP contribution in [0.4, 0.5) is 4.39 Å². The average Bonchev–Trinajstić information content (AvgIpc) is 2.96. The maximum atomic E-state index is 14.2. The molecule has 1 aliphatic heterocycles. The molecular weight excluding hydrogens is 405 g/mol. The molecule has 0 radical (unpaired) electrons. The molecule has 4 rings (SSSR count). The maximum absolute atomic E-state index is 14.2. The highest BCUT2D eigenvalue weighted by Crippen LogP contribution is 2.41. The molecule has 0 aliphatic carbocycles. The molecule has 156 valence electrons. The van der Waals surface area contributed by atoms with E-state index < -0.39 is 0 Å². The van der Waals surface area contributed by atoms with Crippen molar-refractivity contribution in [2.75, 3.05) is 27.4 Å². The lowest BCUT2D eigenvalue weighted by Gasteiger charge is -2.20. The number of rotatable bonds is 5. The number of benzene rings is 3. The van der Waals surface area contributed by atoms with Gasteiger partial charge in [0.15, 0.2) is 11.5 Å². The Labute approximate surface area is 180 Å². The number of ether oxygens (including phenoxy) is 3. The molecule has 1 heterocycles. The van der Waals surface area contributed by atoms with E-state index >= 15 is 0 Å². The molecule has 1 aliphatic rings. The molecule has 30 heavy (non-hydrogen) atoms. The first-order valence-electron chi connectivity index (χ1n) is 9.72. The predicted molar refractivity (Wildman–Crippen MR) is 116 cm³/mol. The van der Waals surface area contributed by atoms with Gasteiger partial charge in [-0.15, -0.1) is 0 Å². The predicted octanol–water partition coefficient (Wildman–Crippen LogP) is 5.56. The summed E-state index contributed by atoms with van der Waals surface area (Å²) in [4.78, 5) is 2.17. The highest BCUT2D eigenvalue weighted by Gasteiger charge is 2.22. The summed E-state index contributed by atoms with van der Waals surface area (Å²) in [5.41, 5.74) is 3.43. The average molecular weight is 428 g/mol. The molecule has 0 aromatic heterocycles. The van der Waals surface area contributed by atoms with E-state index in [1.807, 2.05) is 30.3 Å². The minimum atomic E-state index is -0.196. The third kappa shape index (κ3) is 4.23. The van der Waals surface area contributed by atoms with Crippen molar-refractivity contribution in [2.24, 2.45) is 0 Å². The fourth-order valence-electron chi connectivity index (χ4n) is 3.75. The quantitative estimate of drug-likeness (QED) is 0.533. The van der Waals surface area contributed by atoms with Gasteiger partial charge < -0.3 is 14.2 Å². The molecule has 0 fully saturated rings. The van der Waals surface area contributed by atoms with Crippen molar-refractivity contribution in [3.8, 4) is 28.4 Å². The maximum Gasteiger partial charge on any atom is 0.165 e. The Kier molecular flexibility index (Phi) is 6.11. The Hall–Kier alpha value is -2.76. The van der Waals surface area contributed by atoms with Crippen molar-refractivity contribution in [1.82, 2.24) is 4.90 Å². The second-order valence-electron chi connectivity index (χ2n) is 7.16. The summed E-state index contributed by atoms with van der Waals surface area (Å²) in [6.07, 6.45) is 0. The highest BCUT2D eigenvalue weighted by atomic mass is 35.5. The van der Waals surface area contributed by atoms with Crippen molar-refractivity contribution in [1.29, 1.82) is 0 Å². The molecular formula is C24H23ClFNO3. The largest absolute Gasteiger partial charge is 0.496 e. The van der Waals surface area contributed by atoms with E-state index in [0.717, 1.165) is 28.2 Å². The van der Waals surface area contributed by atoms with E-state index in [1.165, 1.54) is 6.07 Å². The van der Waals surface area contributed by atoms with Crippen LogP contribution < -0.4 is 14.2 Å². The van der Waals surface area contributed by atoms with Crippen LogP contribution in [0.2, 0.25) is 5.02 Å². The molecule has 4 nitrogen and oxygen atoms in total. The van der Waals surface area contributed by atoms with Gasteiger partial charge in [-0.3, -0.25) is 4.90 Å². The lowest BCUT2D eigenvalue weighted by Crippen LogP contribution is -2.25. The number of hydrogen-bond acceptors (Lipinski definition) is 4. The molecule has 0 spiro atoms. The van der Waals surface area contributed by atoms with Gasteiger partial charge in [0, 0.05) is 41.3 Å². The van der Waals surface area contributed by atoms with Gasteiger partial charge in [-0.1, -0.05) is 29.8 Å². The highest BCUT2D eigenvalue weighted by molar-refractivity contribution is 6.31. The topological polar surface area (TPSA) is 30.9 Å². The summed E-state index contributed by atoms with van der Waals surface area (Å²) in [5, 5.41) is 0.622. The fraction of sp³-hybridized carbons (Fsp3) is 0.250. The monoisotopic (exact) mass is 427 g/mol. The molecule has 6 heteroatoms. The van der Waals surface area contributed by atoms with Gasteiger partial charge in [-0.05, 0) is 42.0 Å². The minimum Gasteiger partial charge on any atom is -0.496 e. The Balaban J connectivity index is 1.72. The van der Waals surface area contributed by atoms with Gasteiger partial charge in [0.05, 0.1) is 14.2 Å². The molecule has 3 aromatic carbocycles. The summed E-state index contributed by atoms with van der Waals surface area (Å²) in [5.74, 6) is 1.90. The molecule has 0 amide bonds. The van der Waals surface area contributed by atoms with Crippen molar-refractivity contribution in [3.05, 3.63) is 76.6 Å². The lowest BCUT2D eigenvalue weighted by molar-refractivity contribution is 0.215. The first-order chi connectivity index (χ1) is 14.6. The molecule has 3 aromatic rings. The number of halogens is 2. The van der Waals surface area contributed by atoms with Crippen LogP contribution in [0.1, 0.15) is 11.1 Å². The third-order valence-electron chi connectivity index (χ3n) is 5.22. The van der Waals surface area contributed by atoms with Gasteiger partial charge >= 0.3 is 0 Å². The van der Waals surface area contributed by atoms with Crippen LogP contribution in [-0.4, -0.2) is 32.3 Å². The fourth-order valence-corrected chi connectivity index (χ4v) is 3.93. The first kappa shape index (κ1) is 20.5. The summed E-state index contributed by atoms with van der Waals surface area (Å²) in [6.45, 7) is 2.29. The van der Waals surface area contributed by atoms with E-state index in [1.54, 1.807) is 26.4 Å². The molecule has 0 N–H and O–H groups in total. The Morgan fingerprint density at radius 2 is 1.83 bits per heavy atom. The van der Waals surface area contributed by atoms with Crippen LogP contribution in [0.5, 0.6) is 17.2 Å². The smallest absolute Gasteiger partial charge is 0.165 e. The van der Waals surface area contributed by atoms with Crippen LogP contribution in [0, 0.1) is 5.82 Å². The van der Waals surface area contributed by atoms with Gasteiger partial charge in [0.1, 0.15) is 18.2 Å². The number of fused-ring (bicyclic) bond motifs is 1. The van der Waals surface area contributed by atoms with E-state index in [2.05, 4.69) is 11.0 Å². The molecule has 0 saturated carbocycles. The van der Waals surface area contributed by atoms with Crippen LogP contribution in [0.15, 0.2) is 54.6 Å². The van der Waals surface area contributed by atoms with Gasteiger partial charge in [0.2, 0.25) is 0 Å². The zero-order valence-corrected chi connectivity index (χ0v) is 17.7. The third-order valence-corrected chi connectivity index (χ3v) is 5.46. The number of methoxy groups -OCH3 is 2. The van der Waals surface area contributed by atoms with E-state index in [-0.39, 0.29) is 5.82 Å². The van der Waals surface area contributed by atoms with Crippen LogP contribution in [0.3, 0.4) is 0 Å². The Morgan fingerprint density at radius 3 is 2.60 bits per heavy atom. The first-order valence-corrected chi connectivity index (χ1v) is 10.1. The zero-order chi connectivity index (χ0) is 21.1. The van der Waals surface area contributed by atoms with Crippen LogP contribution in [0.25, 0.3) is 11.1 Å². The molecule has 0 unspecified atom stereocenters. The normalized spacial score (nSPS) is 13.9. The van der Waals surface area contributed by atoms with Crippen LogP contribution in [-0.2, 0) is 13.1 Å². The summed E-state index contributed by atoms with van der Waals surface area (Å²) < 4.78 is 31.3. The zero-order valence-electron chi connectivity index (χ0n) is 17.0. The standard InChI is InChI=1S/C24H23ClFNO3/c1-28-22-8-7-19(25)13-20(22)17-11-18-15-27(14-16-5-3-4-6-21(16)26)9-10-30-24(18)23(12-17)29-2/h3-8,11-13H,9-10,14-15H2,1-2H3. The second-order valence-corrected chi connectivity index (χ2v) is 7.60. The Morgan fingerprint density at radius 1 is 1.03 bits per heavy atom. The van der Waals surface area contributed by atoms with E-state index in [9.17, 15) is 4.39 Å².